The van der Waals surface area contributed by atoms with Crippen molar-refractivity contribution in [2.45, 2.75) is 18.9 Å². The van der Waals surface area contributed by atoms with E-state index in [0.29, 0.717) is 36.2 Å². The number of rotatable bonds is 5. The van der Waals surface area contributed by atoms with Gasteiger partial charge in [-0.15, -0.1) is 10.2 Å². The summed E-state index contributed by atoms with van der Waals surface area (Å²) >= 11 is 0. The van der Waals surface area contributed by atoms with Gasteiger partial charge in [0.25, 0.3) is 5.91 Å². The van der Waals surface area contributed by atoms with Gasteiger partial charge in [0, 0.05) is 24.2 Å². The summed E-state index contributed by atoms with van der Waals surface area (Å²) in [5, 5.41) is 7.87. The Kier molecular flexibility index (Phi) is 5.33. The van der Waals surface area contributed by atoms with Gasteiger partial charge in [0.05, 0.1) is 20.8 Å². The Labute approximate surface area is 146 Å². The van der Waals surface area contributed by atoms with Crippen LogP contribution in [-0.2, 0) is 0 Å². The van der Waals surface area contributed by atoms with E-state index in [0.717, 1.165) is 12.8 Å². The monoisotopic (exact) mass is 343 g/mol. The SMILES string of the molecule is COc1cccc(C(=O)N2CCCC(Oc3ccc(OC)nn3)C2)c1. The zero-order valence-corrected chi connectivity index (χ0v) is 14.3. The van der Waals surface area contributed by atoms with Gasteiger partial charge in [0.1, 0.15) is 11.9 Å². The van der Waals surface area contributed by atoms with Gasteiger partial charge in [-0.25, -0.2) is 0 Å². The molecule has 1 aromatic heterocycles. The van der Waals surface area contributed by atoms with Crippen LogP contribution in [0.15, 0.2) is 36.4 Å². The van der Waals surface area contributed by atoms with Gasteiger partial charge in [-0.2, -0.15) is 0 Å². The lowest BCUT2D eigenvalue weighted by molar-refractivity contribution is 0.0525. The summed E-state index contributed by atoms with van der Waals surface area (Å²) in [6.45, 7) is 1.23. The van der Waals surface area contributed by atoms with Crippen molar-refractivity contribution in [2.75, 3.05) is 27.3 Å². The Morgan fingerprint density at radius 3 is 2.64 bits per heavy atom. The van der Waals surface area contributed by atoms with Crippen LogP contribution in [0.1, 0.15) is 23.2 Å². The largest absolute Gasteiger partial charge is 0.497 e. The van der Waals surface area contributed by atoms with Gasteiger partial charge in [0.2, 0.25) is 11.8 Å². The highest BCUT2D eigenvalue weighted by atomic mass is 16.5. The van der Waals surface area contributed by atoms with Gasteiger partial charge in [-0.05, 0) is 31.0 Å². The maximum Gasteiger partial charge on any atom is 0.254 e. The molecule has 1 saturated heterocycles. The van der Waals surface area contributed by atoms with Crippen LogP contribution in [0.2, 0.25) is 0 Å². The second-order valence-electron chi connectivity index (χ2n) is 5.78. The molecule has 25 heavy (non-hydrogen) atoms. The minimum atomic E-state index is -0.106. The van der Waals surface area contributed by atoms with E-state index in [2.05, 4.69) is 10.2 Å². The molecule has 0 saturated carbocycles. The molecule has 7 heteroatoms. The molecule has 0 radical (unpaired) electrons. The minimum absolute atomic E-state index is 0.0204. The molecule has 1 aliphatic heterocycles. The molecule has 1 aromatic carbocycles. The van der Waals surface area contributed by atoms with Gasteiger partial charge in [-0.3, -0.25) is 4.79 Å². The van der Waals surface area contributed by atoms with Crippen LogP contribution in [0.25, 0.3) is 0 Å². The predicted molar refractivity (Wildman–Crippen MR) is 91.1 cm³/mol. The van der Waals surface area contributed by atoms with Crippen LogP contribution < -0.4 is 14.2 Å². The molecule has 2 aromatic rings. The number of amides is 1. The highest BCUT2D eigenvalue weighted by molar-refractivity contribution is 5.94. The fraction of sp³-hybridized carbons (Fsp3) is 0.389. The number of nitrogens with zero attached hydrogens (tertiary/aromatic N) is 3. The third-order valence-electron chi connectivity index (χ3n) is 4.09. The van der Waals surface area contributed by atoms with Crippen LogP contribution in [0.4, 0.5) is 0 Å². The third-order valence-corrected chi connectivity index (χ3v) is 4.09. The number of aromatic nitrogens is 2. The zero-order chi connectivity index (χ0) is 17.6. The van der Waals surface area contributed by atoms with Crippen LogP contribution in [0.5, 0.6) is 17.5 Å². The maximum absolute atomic E-state index is 12.7. The molecule has 1 fully saturated rings. The van der Waals surface area contributed by atoms with Crippen LogP contribution in [0, 0.1) is 0 Å². The molecular weight excluding hydrogens is 322 g/mol. The fourth-order valence-electron chi connectivity index (χ4n) is 2.81. The Morgan fingerprint density at radius 2 is 1.92 bits per heavy atom. The minimum Gasteiger partial charge on any atom is -0.497 e. The molecule has 132 valence electrons. The predicted octanol–water partition coefficient (Wildman–Crippen LogP) is 2.18. The summed E-state index contributed by atoms with van der Waals surface area (Å²) in [6.07, 6.45) is 1.64. The van der Waals surface area contributed by atoms with E-state index in [1.807, 2.05) is 12.1 Å². The molecule has 0 spiro atoms. The Bertz CT molecular complexity index is 721. The lowest BCUT2D eigenvalue weighted by atomic mass is 10.1. The number of carbonyl (C=O) groups is 1. The smallest absolute Gasteiger partial charge is 0.254 e. The van der Waals surface area contributed by atoms with Gasteiger partial charge >= 0.3 is 0 Å². The van der Waals surface area contributed by atoms with Crippen molar-refractivity contribution < 1.29 is 19.0 Å². The number of hydrogen-bond acceptors (Lipinski definition) is 6. The van der Waals surface area contributed by atoms with Crippen LogP contribution in [0.3, 0.4) is 0 Å². The summed E-state index contributed by atoms with van der Waals surface area (Å²) in [4.78, 5) is 14.5. The first-order valence-corrected chi connectivity index (χ1v) is 8.17. The second kappa shape index (κ2) is 7.83. The average molecular weight is 343 g/mol. The van der Waals surface area contributed by atoms with E-state index in [4.69, 9.17) is 14.2 Å². The molecule has 0 aliphatic carbocycles. The van der Waals surface area contributed by atoms with E-state index in [1.165, 1.54) is 7.11 Å². The summed E-state index contributed by atoms with van der Waals surface area (Å²) in [7, 11) is 3.12. The van der Waals surface area contributed by atoms with Gasteiger partial charge < -0.3 is 19.1 Å². The van der Waals surface area contributed by atoms with Gasteiger partial charge in [0.15, 0.2) is 0 Å². The number of ether oxygens (including phenoxy) is 3. The van der Waals surface area contributed by atoms with E-state index in [9.17, 15) is 4.79 Å². The normalized spacial score (nSPS) is 17.0. The van der Waals surface area contributed by atoms with Crippen molar-refractivity contribution in [1.29, 1.82) is 0 Å². The van der Waals surface area contributed by atoms with Crippen molar-refractivity contribution in [2.24, 2.45) is 0 Å². The number of piperidine rings is 1. The topological polar surface area (TPSA) is 73.8 Å². The highest BCUT2D eigenvalue weighted by Gasteiger charge is 2.26. The number of likely N-dealkylation sites (tertiary alicyclic amines) is 1. The van der Waals surface area contributed by atoms with Crippen molar-refractivity contribution in [1.82, 2.24) is 15.1 Å². The quantitative estimate of drug-likeness (QED) is 0.828. The molecule has 0 N–H and O–H groups in total. The molecule has 1 aliphatic rings. The van der Waals surface area contributed by atoms with E-state index in [1.54, 1.807) is 36.3 Å². The second-order valence-corrected chi connectivity index (χ2v) is 5.78. The lowest BCUT2D eigenvalue weighted by Gasteiger charge is -2.32. The van der Waals surface area contributed by atoms with E-state index in [-0.39, 0.29) is 12.0 Å². The fourth-order valence-corrected chi connectivity index (χ4v) is 2.81. The van der Waals surface area contributed by atoms with Crippen molar-refractivity contribution >= 4 is 5.91 Å². The first-order chi connectivity index (χ1) is 12.2. The van der Waals surface area contributed by atoms with Crippen LogP contribution >= 0.6 is 0 Å². The molecule has 7 nitrogen and oxygen atoms in total. The summed E-state index contributed by atoms with van der Waals surface area (Å²) in [5.41, 5.74) is 0.615. The summed E-state index contributed by atoms with van der Waals surface area (Å²) in [5.74, 6) is 1.52. The van der Waals surface area contributed by atoms with Crippen molar-refractivity contribution in [3.8, 4) is 17.5 Å². The molecule has 1 amide bonds. The highest BCUT2D eigenvalue weighted by Crippen LogP contribution is 2.20. The average Bonchev–Trinajstić information content (AvgIpc) is 2.68. The Balaban J connectivity index is 1.64. The maximum atomic E-state index is 12.7. The number of benzene rings is 1. The lowest BCUT2D eigenvalue weighted by Crippen LogP contribution is -2.44. The molecule has 1 unspecified atom stereocenters. The van der Waals surface area contributed by atoms with Crippen molar-refractivity contribution in [3.63, 3.8) is 0 Å². The Morgan fingerprint density at radius 1 is 1.12 bits per heavy atom. The first-order valence-electron chi connectivity index (χ1n) is 8.17. The summed E-state index contributed by atoms with van der Waals surface area (Å²) in [6, 6.07) is 10.6. The number of hydrogen-bond donors (Lipinski definition) is 0. The third kappa shape index (κ3) is 4.17. The molecule has 0 bridgehead atoms. The number of methoxy groups -OCH3 is 2. The first kappa shape index (κ1) is 17.0. The number of carbonyl (C=O) groups excluding carboxylic acids is 1. The van der Waals surface area contributed by atoms with Crippen LogP contribution in [-0.4, -0.2) is 54.4 Å². The van der Waals surface area contributed by atoms with E-state index < -0.39 is 0 Å². The molecule has 3 rings (SSSR count). The van der Waals surface area contributed by atoms with E-state index >= 15 is 0 Å². The molecule has 1 atom stereocenters. The molecular formula is C18H21N3O4. The Hall–Kier alpha value is -2.83. The zero-order valence-electron chi connectivity index (χ0n) is 14.3. The van der Waals surface area contributed by atoms with Gasteiger partial charge in [-0.1, -0.05) is 6.07 Å². The molecule has 2 heterocycles. The summed E-state index contributed by atoms with van der Waals surface area (Å²) < 4.78 is 16.0. The van der Waals surface area contributed by atoms with Crippen molar-refractivity contribution in [3.05, 3.63) is 42.0 Å². The standard InChI is InChI=1S/C18H21N3O4/c1-23-14-6-3-5-13(11-14)18(22)21-10-4-7-15(12-21)25-17-9-8-16(24-2)19-20-17/h3,5-6,8-9,11,15H,4,7,10,12H2,1-2H3.